The van der Waals surface area contributed by atoms with Crippen LogP contribution in [0.15, 0.2) is 18.2 Å². The number of halogens is 3. The lowest BCUT2D eigenvalue weighted by Gasteiger charge is -2.21. The largest absolute Gasteiger partial charge is 0.493 e. The molecular formula is C11H14F3NO2. The van der Waals surface area contributed by atoms with Crippen molar-refractivity contribution in [1.82, 2.24) is 0 Å². The normalized spacial score (nSPS) is 13.3. The highest BCUT2D eigenvalue weighted by Gasteiger charge is 2.38. The molecule has 0 spiro atoms. The molecule has 1 aromatic carbocycles. The Bertz CT molecular complexity index is 357. The first-order chi connectivity index (χ1) is 7.90. The highest BCUT2D eigenvalue weighted by molar-refractivity contribution is 5.46. The van der Waals surface area contributed by atoms with E-state index in [1.165, 1.54) is 13.2 Å². The summed E-state index contributed by atoms with van der Waals surface area (Å²) in [6, 6.07) is 4.77. The molecule has 1 rings (SSSR count). The van der Waals surface area contributed by atoms with Gasteiger partial charge in [-0.05, 0) is 13.0 Å². The fourth-order valence-corrected chi connectivity index (χ4v) is 1.26. The summed E-state index contributed by atoms with van der Waals surface area (Å²) >= 11 is 0. The summed E-state index contributed by atoms with van der Waals surface area (Å²) < 4.78 is 47.1. The molecule has 1 unspecified atom stereocenters. The van der Waals surface area contributed by atoms with Crippen molar-refractivity contribution >= 4 is 0 Å². The van der Waals surface area contributed by atoms with E-state index in [1.807, 2.05) is 0 Å². The first kappa shape index (κ1) is 13.6. The molecule has 6 heteroatoms. The third-order valence-corrected chi connectivity index (χ3v) is 2.26. The Kier molecular flexibility index (Phi) is 4.22. The Morgan fingerprint density at radius 2 is 2.00 bits per heavy atom. The van der Waals surface area contributed by atoms with Gasteiger partial charge in [0, 0.05) is 12.1 Å². The fraction of sp³-hybridized carbons (Fsp3) is 0.455. The average molecular weight is 249 g/mol. The van der Waals surface area contributed by atoms with Gasteiger partial charge in [0.1, 0.15) is 0 Å². The number of rotatable bonds is 4. The van der Waals surface area contributed by atoms with E-state index >= 15 is 0 Å². The van der Waals surface area contributed by atoms with E-state index in [4.69, 9.17) is 15.2 Å². The standard InChI is InChI=1S/C11H14F3NO2/c1-7(11(12,13)14)17-10-8(6-15)4-3-5-9(10)16-2/h3-5,7H,6,15H2,1-2H3. The lowest BCUT2D eigenvalue weighted by Crippen LogP contribution is -2.31. The van der Waals surface area contributed by atoms with E-state index in [0.717, 1.165) is 6.92 Å². The molecule has 0 saturated carbocycles. The zero-order chi connectivity index (χ0) is 13.1. The zero-order valence-electron chi connectivity index (χ0n) is 9.54. The van der Waals surface area contributed by atoms with Crippen LogP contribution < -0.4 is 15.2 Å². The molecule has 0 bridgehead atoms. The summed E-state index contributed by atoms with van der Waals surface area (Å²) in [5.74, 6) is 0.284. The van der Waals surface area contributed by atoms with Crippen LogP contribution in [-0.2, 0) is 6.54 Å². The molecule has 17 heavy (non-hydrogen) atoms. The number of nitrogens with two attached hydrogens (primary N) is 1. The number of hydrogen-bond acceptors (Lipinski definition) is 3. The van der Waals surface area contributed by atoms with Crippen molar-refractivity contribution < 1.29 is 22.6 Å². The SMILES string of the molecule is COc1cccc(CN)c1OC(C)C(F)(F)F. The van der Waals surface area contributed by atoms with Crippen LogP contribution in [-0.4, -0.2) is 19.4 Å². The maximum atomic E-state index is 12.4. The van der Waals surface area contributed by atoms with Crippen molar-refractivity contribution in [2.45, 2.75) is 25.7 Å². The van der Waals surface area contributed by atoms with Crippen LogP contribution in [0.5, 0.6) is 11.5 Å². The van der Waals surface area contributed by atoms with Crippen LogP contribution in [0.25, 0.3) is 0 Å². The second kappa shape index (κ2) is 5.27. The van der Waals surface area contributed by atoms with Gasteiger partial charge in [-0.2, -0.15) is 13.2 Å². The van der Waals surface area contributed by atoms with E-state index < -0.39 is 12.3 Å². The van der Waals surface area contributed by atoms with Crippen LogP contribution in [0.4, 0.5) is 13.2 Å². The molecule has 1 atom stereocenters. The van der Waals surface area contributed by atoms with Crippen LogP contribution >= 0.6 is 0 Å². The van der Waals surface area contributed by atoms with Gasteiger partial charge in [0.2, 0.25) is 0 Å². The number of ether oxygens (including phenoxy) is 2. The number of benzene rings is 1. The van der Waals surface area contributed by atoms with Crippen LogP contribution in [0.2, 0.25) is 0 Å². The number of hydrogen-bond donors (Lipinski definition) is 1. The summed E-state index contributed by atoms with van der Waals surface area (Å²) in [7, 11) is 1.36. The zero-order valence-corrected chi connectivity index (χ0v) is 9.54. The van der Waals surface area contributed by atoms with Gasteiger partial charge in [-0.25, -0.2) is 0 Å². The van der Waals surface area contributed by atoms with Gasteiger partial charge in [0.05, 0.1) is 7.11 Å². The third-order valence-electron chi connectivity index (χ3n) is 2.26. The monoisotopic (exact) mass is 249 g/mol. The molecule has 2 N–H and O–H groups in total. The van der Waals surface area contributed by atoms with Crippen molar-refractivity contribution in [3.8, 4) is 11.5 Å². The third kappa shape index (κ3) is 3.26. The summed E-state index contributed by atoms with van der Waals surface area (Å²) in [6.07, 6.45) is -6.34. The van der Waals surface area contributed by atoms with Gasteiger partial charge in [-0.15, -0.1) is 0 Å². The van der Waals surface area contributed by atoms with Crippen molar-refractivity contribution in [2.24, 2.45) is 5.73 Å². The molecule has 0 aliphatic heterocycles. The minimum absolute atomic E-state index is 0.0438. The highest BCUT2D eigenvalue weighted by Crippen LogP contribution is 2.34. The molecule has 0 saturated heterocycles. The van der Waals surface area contributed by atoms with Crippen LogP contribution in [0.1, 0.15) is 12.5 Å². The molecule has 0 aliphatic carbocycles. The Morgan fingerprint density at radius 1 is 1.35 bits per heavy atom. The molecule has 0 amide bonds. The lowest BCUT2D eigenvalue weighted by molar-refractivity contribution is -0.189. The van der Waals surface area contributed by atoms with Gasteiger partial charge in [-0.3, -0.25) is 0 Å². The molecule has 1 aromatic rings. The minimum atomic E-state index is -4.42. The molecule has 3 nitrogen and oxygen atoms in total. The van der Waals surface area contributed by atoms with E-state index in [-0.39, 0.29) is 18.0 Å². The fourth-order valence-electron chi connectivity index (χ4n) is 1.26. The topological polar surface area (TPSA) is 44.5 Å². The minimum Gasteiger partial charge on any atom is -0.493 e. The maximum Gasteiger partial charge on any atom is 0.425 e. The Balaban J connectivity index is 3.03. The van der Waals surface area contributed by atoms with Gasteiger partial charge in [0.15, 0.2) is 17.6 Å². The summed E-state index contributed by atoms with van der Waals surface area (Å²) in [5, 5.41) is 0. The molecule has 0 radical (unpaired) electrons. The predicted molar refractivity (Wildman–Crippen MR) is 57.0 cm³/mol. The second-order valence-corrected chi connectivity index (χ2v) is 3.45. The van der Waals surface area contributed by atoms with E-state index in [2.05, 4.69) is 0 Å². The molecule has 0 heterocycles. The van der Waals surface area contributed by atoms with Gasteiger partial charge >= 0.3 is 6.18 Å². The molecular weight excluding hydrogens is 235 g/mol. The van der Waals surface area contributed by atoms with Crippen molar-refractivity contribution in [1.29, 1.82) is 0 Å². The average Bonchev–Trinajstić information content (AvgIpc) is 2.28. The smallest absolute Gasteiger partial charge is 0.425 e. The highest BCUT2D eigenvalue weighted by atomic mass is 19.4. The van der Waals surface area contributed by atoms with Crippen LogP contribution in [0, 0.1) is 0 Å². The van der Waals surface area contributed by atoms with E-state index in [9.17, 15) is 13.2 Å². The first-order valence-corrected chi connectivity index (χ1v) is 4.99. The Labute approximate surface area is 97.3 Å². The summed E-state index contributed by atoms with van der Waals surface area (Å²) in [4.78, 5) is 0. The summed E-state index contributed by atoms with van der Waals surface area (Å²) in [6.45, 7) is 1.02. The van der Waals surface area contributed by atoms with Crippen molar-refractivity contribution in [3.05, 3.63) is 23.8 Å². The maximum absolute atomic E-state index is 12.4. The van der Waals surface area contributed by atoms with E-state index in [0.29, 0.717) is 5.56 Å². The molecule has 0 fully saturated rings. The van der Waals surface area contributed by atoms with Gasteiger partial charge in [-0.1, -0.05) is 12.1 Å². The first-order valence-electron chi connectivity index (χ1n) is 4.99. The van der Waals surface area contributed by atoms with Crippen molar-refractivity contribution in [2.75, 3.05) is 7.11 Å². The van der Waals surface area contributed by atoms with Crippen LogP contribution in [0.3, 0.4) is 0 Å². The Morgan fingerprint density at radius 3 is 2.47 bits per heavy atom. The molecule has 0 aliphatic rings. The Hall–Kier alpha value is -1.43. The molecule has 0 aromatic heterocycles. The number of alkyl halides is 3. The number of para-hydroxylation sites is 1. The predicted octanol–water partition coefficient (Wildman–Crippen LogP) is 2.48. The number of methoxy groups -OCH3 is 1. The quantitative estimate of drug-likeness (QED) is 0.891. The summed E-state index contributed by atoms with van der Waals surface area (Å²) in [5.41, 5.74) is 5.91. The van der Waals surface area contributed by atoms with Gasteiger partial charge in [0.25, 0.3) is 0 Å². The lowest BCUT2D eigenvalue weighted by atomic mass is 10.2. The molecule has 96 valence electrons. The van der Waals surface area contributed by atoms with Gasteiger partial charge < -0.3 is 15.2 Å². The van der Waals surface area contributed by atoms with Crippen molar-refractivity contribution in [3.63, 3.8) is 0 Å². The second-order valence-electron chi connectivity index (χ2n) is 3.45. The van der Waals surface area contributed by atoms with E-state index in [1.54, 1.807) is 12.1 Å².